The lowest BCUT2D eigenvalue weighted by Gasteiger charge is -2.21. The Hall–Kier alpha value is -2.49. The second kappa shape index (κ2) is 8.06. The molecule has 0 spiro atoms. The standard InChI is InChI=1S/C21H27NO3/c1-6-19(20(23)22-16-8-7-9-18(14-16)24-5)25-17-12-10-15(11-13-17)21(2,3)4/h7-14,19H,6H2,1-5H3,(H,22,23)/t19-/m0/s1. The molecule has 4 nitrogen and oxygen atoms in total. The van der Waals surface area contributed by atoms with Gasteiger partial charge in [0.1, 0.15) is 11.5 Å². The van der Waals surface area contributed by atoms with Crippen LogP contribution >= 0.6 is 0 Å². The second-order valence-electron chi connectivity index (χ2n) is 7.01. The molecule has 25 heavy (non-hydrogen) atoms. The van der Waals surface area contributed by atoms with Crippen LogP contribution in [0.2, 0.25) is 0 Å². The number of benzene rings is 2. The van der Waals surface area contributed by atoms with E-state index in [9.17, 15) is 4.79 Å². The first-order valence-electron chi connectivity index (χ1n) is 8.55. The van der Waals surface area contributed by atoms with Crippen molar-refractivity contribution in [3.8, 4) is 11.5 Å². The smallest absolute Gasteiger partial charge is 0.265 e. The van der Waals surface area contributed by atoms with E-state index in [4.69, 9.17) is 9.47 Å². The highest BCUT2D eigenvalue weighted by Crippen LogP contribution is 2.25. The number of nitrogens with one attached hydrogen (secondary N) is 1. The quantitative estimate of drug-likeness (QED) is 0.822. The molecule has 134 valence electrons. The predicted molar refractivity (Wildman–Crippen MR) is 101 cm³/mol. The molecule has 0 heterocycles. The van der Waals surface area contributed by atoms with Gasteiger partial charge in [-0.1, -0.05) is 45.9 Å². The number of hydrogen-bond acceptors (Lipinski definition) is 3. The Morgan fingerprint density at radius 3 is 2.32 bits per heavy atom. The van der Waals surface area contributed by atoms with Crippen molar-refractivity contribution < 1.29 is 14.3 Å². The largest absolute Gasteiger partial charge is 0.497 e. The normalized spacial score (nSPS) is 12.4. The molecule has 0 fully saturated rings. The third kappa shape index (κ3) is 5.24. The molecule has 0 saturated carbocycles. The highest BCUT2D eigenvalue weighted by Gasteiger charge is 2.19. The van der Waals surface area contributed by atoms with Crippen LogP contribution in [-0.4, -0.2) is 19.1 Å². The van der Waals surface area contributed by atoms with Crippen molar-refractivity contribution in [3.63, 3.8) is 0 Å². The molecule has 0 aliphatic heterocycles. The molecule has 0 aromatic heterocycles. The molecule has 2 aromatic rings. The number of amides is 1. The fourth-order valence-electron chi connectivity index (χ4n) is 2.44. The number of anilines is 1. The second-order valence-corrected chi connectivity index (χ2v) is 7.01. The number of ether oxygens (including phenoxy) is 2. The minimum absolute atomic E-state index is 0.0897. The lowest BCUT2D eigenvalue weighted by Crippen LogP contribution is -2.32. The third-order valence-corrected chi connectivity index (χ3v) is 4.00. The maximum Gasteiger partial charge on any atom is 0.265 e. The zero-order valence-electron chi connectivity index (χ0n) is 15.6. The van der Waals surface area contributed by atoms with E-state index < -0.39 is 6.10 Å². The van der Waals surface area contributed by atoms with Gasteiger partial charge in [-0.3, -0.25) is 4.79 Å². The Labute approximate surface area is 150 Å². The lowest BCUT2D eigenvalue weighted by molar-refractivity contribution is -0.122. The zero-order valence-corrected chi connectivity index (χ0v) is 15.6. The van der Waals surface area contributed by atoms with Crippen LogP contribution in [0.4, 0.5) is 5.69 Å². The maximum atomic E-state index is 12.5. The molecular weight excluding hydrogens is 314 g/mol. The molecule has 1 N–H and O–H groups in total. The summed E-state index contributed by atoms with van der Waals surface area (Å²) in [6, 6.07) is 15.2. The Morgan fingerprint density at radius 2 is 1.76 bits per heavy atom. The van der Waals surface area contributed by atoms with Crippen LogP contribution in [0.1, 0.15) is 39.7 Å². The minimum Gasteiger partial charge on any atom is -0.497 e. The summed E-state index contributed by atoms with van der Waals surface area (Å²) >= 11 is 0. The third-order valence-electron chi connectivity index (χ3n) is 4.00. The topological polar surface area (TPSA) is 47.6 Å². The molecule has 1 amide bonds. The van der Waals surface area contributed by atoms with Crippen LogP contribution in [0, 0.1) is 0 Å². The van der Waals surface area contributed by atoms with Crippen molar-refractivity contribution in [3.05, 3.63) is 54.1 Å². The van der Waals surface area contributed by atoms with Crippen LogP contribution in [0.5, 0.6) is 11.5 Å². The van der Waals surface area contributed by atoms with Gasteiger partial charge in [-0.2, -0.15) is 0 Å². The number of methoxy groups -OCH3 is 1. The summed E-state index contributed by atoms with van der Waals surface area (Å²) in [6.45, 7) is 8.43. The predicted octanol–water partition coefficient (Wildman–Crippen LogP) is 4.79. The molecule has 0 unspecified atom stereocenters. The van der Waals surface area contributed by atoms with Gasteiger partial charge in [0, 0.05) is 11.8 Å². The van der Waals surface area contributed by atoms with Gasteiger partial charge in [-0.25, -0.2) is 0 Å². The van der Waals surface area contributed by atoms with Crippen molar-refractivity contribution in [2.24, 2.45) is 0 Å². The molecule has 2 rings (SSSR count). The van der Waals surface area contributed by atoms with Crippen molar-refractivity contribution in [2.75, 3.05) is 12.4 Å². The van der Waals surface area contributed by atoms with Crippen molar-refractivity contribution in [1.82, 2.24) is 0 Å². The zero-order chi connectivity index (χ0) is 18.4. The Bertz CT molecular complexity index is 702. The number of carbonyl (C=O) groups excluding carboxylic acids is 1. The fourth-order valence-corrected chi connectivity index (χ4v) is 2.44. The Balaban J connectivity index is 2.04. The van der Waals surface area contributed by atoms with Gasteiger partial charge in [-0.05, 0) is 41.7 Å². The summed E-state index contributed by atoms with van der Waals surface area (Å²) in [4.78, 5) is 12.5. The van der Waals surface area contributed by atoms with E-state index in [0.29, 0.717) is 23.6 Å². The fraction of sp³-hybridized carbons (Fsp3) is 0.381. The number of carbonyl (C=O) groups is 1. The molecule has 0 aliphatic carbocycles. The Morgan fingerprint density at radius 1 is 1.08 bits per heavy atom. The van der Waals surface area contributed by atoms with E-state index >= 15 is 0 Å². The number of rotatable bonds is 6. The summed E-state index contributed by atoms with van der Waals surface area (Å²) in [7, 11) is 1.60. The lowest BCUT2D eigenvalue weighted by atomic mass is 9.87. The van der Waals surface area contributed by atoms with Gasteiger partial charge in [0.25, 0.3) is 5.91 Å². The van der Waals surface area contributed by atoms with Gasteiger partial charge >= 0.3 is 0 Å². The van der Waals surface area contributed by atoms with E-state index in [-0.39, 0.29) is 11.3 Å². The van der Waals surface area contributed by atoms with Crippen LogP contribution < -0.4 is 14.8 Å². The molecule has 0 aliphatic rings. The van der Waals surface area contributed by atoms with Crippen LogP contribution in [-0.2, 0) is 10.2 Å². The van der Waals surface area contributed by atoms with Crippen LogP contribution in [0.25, 0.3) is 0 Å². The van der Waals surface area contributed by atoms with E-state index in [2.05, 4.69) is 26.1 Å². The monoisotopic (exact) mass is 341 g/mol. The molecule has 0 bridgehead atoms. The molecule has 0 saturated heterocycles. The van der Waals surface area contributed by atoms with E-state index in [1.807, 2.05) is 49.4 Å². The highest BCUT2D eigenvalue weighted by molar-refractivity contribution is 5.94. The first-order chi connectivity index (χ1) is 11.8. The summed E-state index contributed by atoms with van der Waals surface area (Å²) in [5.74, 6) is 1.22. The van der Waals surface area contributed by atoms with Crippen LogP contribution in [0.3, 0.4) is 0 Å². The summed E-state index contributed by atoms with van der Waals surface area (Å²) in [5.41, 5.74) is 2.01. The summed E-state index contributed by atoms with van der Waals surface area (Å²) in [6.07, 6.45) is 0.0308. The van der Waals surface area contributed by atoms with Gasteiger partial charge in [-0.15, -0.1) is 0 Å². The molecular formula is C21H27NO3. The summed E-state index contributed by atoms with van der Waals surface area (Å²) < 4.78 is 11.1. The van der Waals surface area contributed by atoms with E-state index in [1.54, 1.807) is 13.2 Å². The van der Waals surface area contributed by atoms with Gasteiger partial charge in [0.15, 0.2) is 6.10 Å². The van der Waals surface area contributed by atoms with Crippen LogP contribution in [0.15, 0.2) is 48.5 Å². The van der Waals surface area contributed by atoms with E-state index in [1.165, 1.54) is 5.56 Å². The van der Waals surface area contributed by atoms with Crippen molar-refractivity contribution in [2.45, 2.75) is 45.6 Å². The van der Waals surface area contributed by atoms with Gasteiger partial charge < -0.3 is 14.8 Å². The highest BCUT2D eigenvalue weighted by atomic mass is 16.5. The minimum atomic E-state index is -0.549. The molecule has 2 aromatic carbocycles. The Kier molecular flexibility index (Phi) is 6.07. The van der Waals surface area contributed by atoms with Gasteiger partial charge in [0.05, 0.1) is 7.11 Å². The average molecular weight is 341 g/mol. The van der Waals surface area contributed by atoms with Crippen molar-refractivity contribution >= 4 is 11.6 Å². The molecule has 1 atom stereocenters. The SMILES string of the molecule is CC[C@H](Oc1ccc(C(C)(C)C)cc1)C(=O)Nc1cccc(OC)c1. The maximum absolute atomic E-state index is 12.5. The van der Waals surface area contributed by atoms with Gasteiger partial charge in [0.2, 0.25) is 0 Å². The van der Waals surface area contributed by atoms with E-state index in [0.717, 1.165) is 0 Å². The average Bonchev–Trinajstić information content (AvgIpc) is 2.59. The number of hydrogen-bond donors (Lipinski definition) is 1. The van der Waals surface area contributed by atoms with Crippen molar-refractivity contribution in [1.29, 1.82) is 0 Å². The molecule has 4 heteroatoms. The summed E-state index contributed by atoms with van der Waals surface area (Å²) in [5, 5.41) is 2.88. The first-order valence-corrected chi connectivity index (χ1v) is 8.55. The molecule has 0 radical (unpaired) electrons. The first kappa shape index (κ1) is 18.8.